The summed E-state index contributed by atoms with van der Waals surface area (Å²) in [5, 5.41) is 2.75. The Labute approximate surface area is 180 Å². The van der Waals surface area contributed by atoms with Gasteiger partial charge in [-0.25, -0.2) is 13.2 Å². The van der Waals surface area contributed by atoms with Crippen LogP contribution in [0.4, 0.5) is 4.79 Å². The predicted octanol–water partition coefficient (Wildman–Crippen LogP) is 3.66. The molecule has 1 heterocycles. The van der Waals surface area contributed by atoms with E-state index in [0.29, 0.717) is 25.9 Å². The highest BCUT2D eigenvalue weighted by Crippen LogP contribution is 2.27. The average molecular weight is 439 g/mol. The van der Waals surface area contributed by atoms with Crippen LogP contribution in [0.5, 0.6) is 0 Å². The molecule has 1 aromatic carbocycles. The number of carbonyl (C=O) groups excluding carboxylic acids is 2. The van der Waals surface area contributed by atoms with Crippen LogP contribution in [0.15, 0.2) is 29.2 Å². The van der Waals surface area contributed by atoms with Crippen molar-refractivity contribution in [2.75, 3.05) is 13.1 Å². The van der Waals surface area contributed by atoms with E-state index in [1.807, 2.05) is 6.92 Å². The maximum Gasteiger partial charge on any atom is 0.408 e. The maximum absolute atomic E-state index is 12.8. The number of Topliss-reactive ketones (excluding diaryl/α,β-unsaturated/α-hetero) is 1. The summed E-state index contributed by atoms with van der Waals surface area (Å²) in [4.78, 5) is 25.1. The average Bonchev–Trinajstić information content (AvgIpc) is 2.59. The Morgan fingerprint density at radius 3 is 2.10 bits per heavy atom. The minimum atomic E-state index is -3.55. The van der Waals surface area contributed by atoms with Crippen LogP contribution >= 0.6 is 0 Å². The van der Waals surface area contributed by atoms with Crippen molar-refractivity contribution in [2.45, 2.75) is 76.8 Å². The van der Waals surface area contributed by atoms with Gasteiger partial charge in [-0.1, -0.05) is 17.7 Å². The summed E-state index contributed by atoms with van der Waals surface area (Å²) in [7, 11) is -3.55. The van der Waals surface area contributed by atoms with Gasteiger partial charge in [0.2, 0.25) is 10.0 Å². The third-order valence-electron chi connectivity index (χ3n) is 5.02. The maximum atomic E-state index is 12.8. The Kier molecular flexibility index (Phi) is 7.35. The molecule has 30 heavy (non-hydrogen) atoms. The molecule has 168 valence electrons. The van der Waals surface area contributed by atoms with Crippen LogP contribution in [0.25, 0.3) is 0 Å². The molecule has 0 spiro atoms. The molecule has 1 N–H and O–H groups in total. The molecule has 0 atom stereocenters. The smallest absolute Gasteiger partial charge is 0.408 e. The van der Waals surface area contributed by atoms with Crippen molar-refractivity contribution in [1.82, 2.24) is 9.62 Å². The number of amides is 1. The highest BCUT2D eigenvalue weighted by molar-refractivity contribution is 7.89. The second-order valence-electron chi connectivity index (χ2n) is 9.65. The van der Waals surface area contributed by atoms with Gasteiger partial charge in [-0.05, 0) is 66.5 Å². The molecule has 1 aromatic rings. The van der Waals surface area contributed by atoms with Crippen molar-refractivity contribution in [3.63, 3.8) is 0 Å². The number of piperidine rings is 1. The Hall–Kier alpha value is -1.93. The molecule has 7 nitrogen and oxygen atoms in total. The van der Waals surface area contributed by atoms with E-state index in [4.69, 9.17) is 4.74 Å². The van der Waals surface area contributed by atoms with Gasteiger partial charge in [0.1, 0.15) is 11.4 Å². The lowest BCUT2D eigenvalue weighted by molar-refractivity contribution is -0.125. The zero-order valence-electron chi connectivity index (χ0n) is 18.8. The Morgan fingerprint density at radius 1 is 1.07 bits per heavy atom. The van der Waals surface area contributed by atoms with E-state index in [2.05, 4.69) is 5.32 Å². The number of nitrogens with one attached hydrogen (secondary N) is 1. The van der Waals surface area contributed by atoms with Crippen molar-refractivity contribution >= 4 is 21.9 Å². The molecule has 1 fully saturated rings. The van der Waals surface area contributed by atoms with Crippen molar-refractivity contribution in [1.29, 1.82) is 0 Å². The lowest BCUT2D eigenvalue weighted by atomic mass is 9.86. The van der Waals surface area contributed by atoms with E-state index in [1.54, 1.807) is 58.9 Å². The highest BCUT2D eigenvalue weighted by Gasteiger charge is 2.35. The van der Waals surface area contributed by atoms with Crippen LogP contribution in [0, 0.1) is 12.8 Å². The molecule has 2 rings (SSSR count). The Balaban J connectivity index is 1.92. The molecule has 8 heteroatoms. The number of carbonyl (C=O) groups is 2. The van der Waals surface area contributed by atoms with Crippen molar-refractivity contribution in [3.05, 3.63) is 29.8 Å². The molecule has 0 saturated carbocycles. The van der Waals surface area contributed by atoms with E-state index in [9.17, 15) is 18.0 Å². The SMILES string of the molecule is Cc1ccc(S(=O)(=O)N2CCC(C(=O)CC(C)(C)NC(=O)OC(C)(C)C)CC2)cc1. The second-order valence-corrected chi connectivity index (χ2v) is 11.6. The molecule has 0 aromatic heterocycles. The normalized spacial score (nSPS) is 16.9. The van der Waals surface area contributed by atoms with E-state index < -0.39 is 27.3 Å². The van der Waals surface area contributed by atoms with Gasteiger partial charge in [-0.15, -0.1) is 0 Å². The summed E-state index contributed by atoms with van der Waals surface area (Å²) >= 11 is 0. The Morgan fingerprint density at radius 2 is 1.60 bits per heavy atom. The first-order valence-corrected chi connectivity index (χ1v) is 11.7. The summed E-state index contributed by atoms with van der Waals surface area (Å²) in [5.41, 5.74) is -0.356. The van der Waals surface area contributed by atoms with Gasteiger partial charge in [0.05, 0.1) is 4.90 Å². The molecule has 0 aliphatic carbocycles. The van der Waals surface area contributed by atoms with Crippen LogP contribution in [0.2, 0.25) is 0 Å². The first-order valence-electron chi connectivity index (χ1n) is 10.3. The van der Waals surface area contributed by atoms with Gasteiger partial charge in [0.25, 0.3) is 0 Å². The van der Waals surface area contributed by atoms with Gasteiger partial charge in [-0.2, -0.15) is 4.31 Å². The number of ether oxygens (including phenoxy) is 1. The van der Waals surface area contributed by atoms with Gasteiger partial charge < -0.3 is 10.1 Å². The molecule has 1 amide bonds. The number of hydrogen-bond donors (Lipinski definition) is 1. The monoisotopic (exact) mass is 438 g/mol. The Bertz CT molecular complexity index is 862. The highest BCUT2D eigenvalue weighted by atomic mass is 32.2. The van der Waals surface area contributed by atoms with Crippen LogP contribution in [0.3, 0.4) is 0 Å². The number of nitrogens with zero attached hydrogens (tertiary/aromatic N) is 1. The van der Waals surface area contributed by atoms with E-state index in [0.717, 1.165) is 5.56 Å². The molecular weight excluding hydrogens is 404 g/mol. The summed E-state index contributed by atoms with van der Waals surface area (Å²) in [6.07, 6.45) is 0.569. The number of alkyl carbamates (subject to hydrolysis) is 1. The first kappa shape index (κ1) is 24.3. The number of rotatable bonds is 6. The van der Waals surface area contributed by atoms with Gasteiger partial charge in [-0.3, -0.25) is 4.79 Å². The summed E-state index contributed by atoms with van der Waals surface area (Å²) < 4.78 is 32.4. The van der Waals surface area contributed by atoms with Crippen molar-refractivity contribution in [2.24, 2.45) is 5.92 Å². The summed E-state index contributed by atoms with van der Waals surface area (Å²) in [6.45, 7) is 11.4. The number of ketones is 1. The van der Waals surface area contributed by atoms with E-state index in [-0.39, 0.29) is 23.0 Å². The number of benzene rings is 1. The third-order valence-corrected chi connectivity index (χ3v) is 6.94. The molecule has 1 aliphatic heterocycles. The van der Waals surface area contributed by atoms with Gasteiger partial charge in [0.15, 0.2) is 0 Å². The minimum absolute atomic E-state index is 0.0310. The van der Waals surface area contributed by atoms with E-state index >= 15 is 0 Å². The lowest BCUT2D eigenvalue weighted by Gasteiger charge is -2.33. The number of aryl methyl sites for hydroxylation is 1. The zero-order valence-corrected chi connectivity index (χ0v) is 19.6. The zero-order chi connectivity index (χ0) is 22.7. The fourth-order valence-corrected chi connectivity index (χ4v) is 4.95. The number of hydrogen-bond acceptors (Lipinski definition) is 5. The lowest BCUT2D eigenvalue weighted by Crippen LogP contribution is -2.48. The minimum Gasteiger partial charge on any atom is -0.444 e. The largest absolute Gasteiger partial charge is 0.444 e. The van der Waals surface area contributed by atoms with Crippen LogP contribution in [-0.4, -0.2) is 48.8 Å². The number of sulfonamides is 1. The molecule has 0 radical (unpaired) electrons. The fraction of sp³-hybridized carbons (Fsp3) is 0.636. The van der Waals surface area contributed by atoms with Gasteiger partial charge >= 0.3 is 6.09 Å². The quantitative estimate of drug-likeness (QED) is 0.732. The summed E-state index contributed by atoms with van der Waals surface area (Å²) in [5.74, 6) is -0.183. The first-order chi connectivity index (χ1) is 13.7. The molecule has 0 bridgehead atoms. The second kappa shape index (κ2) is 9.06. The van der Waals surface area contributed by atoms with Crippen LogP contribution in [0.1, 0.15) is 59.4 Å². The van der Waals surface area contributed by atoms with Crippen molar-refractivity contribution < 1.29 is 22.7 Å². The van der Waals surface area contributed by atoms with Crippen molar-refractivity contribution in [3.8, 4) is 0 Å². The topological polar surface area (TPSA) is 92.8 Å². The van der Waals surface area contributed by atoms with Crippen LogP contribution < -0.4 is 5.32 Å². The summed E-state index contributed by atoms with van der Waals surface area (Å²) in [6, 6.07) is 6.80. The fourth-order valence-electron chi connectivity index (χ4n) is 3.48. The standard InChI is InChI=1S/C22H34N2O5S/c1-16-7-9-18(10-8-16)30(27,28)24-13-11-17(12-14-24)19(25)15-22(5,6)23-20(26)29-21(2,3)4/h7-10,17H,11-15H2,1-6H3,(H,23,26). The predicted molar refractivity (Wildman–Crippen MR) is 116 cm³/mol. The molecule has 1 saturated heterocycles. The molecular formula is C22H34N2O5S. The molecule has 0 unspecified atom stereocenters. The molecule has 1 aliphatic rings. The third kappa shape index (κ3) is 6.80. The van der Waals surface area contributed by atoms with Gasteiger partial charge in [0, 0.05) is 31.0 Å². The van der Waals surface area contributed by atoms with Crippen LogP contribution in [-0.2, 0) is 19.6 Å². The van der Waals surface area contributed by atoms with E-state index in [1.165, 1.54) is 4.31 Å².